The van der Waals surface area contributed by atoms with Crippen LogP contribution >= 0.6 is 11.6 Å². The number of amides is 1. The number of nitrogens with zero attached hydrogens (tertiary/aromatic N) is 1. The fraction of sp³-hybridized carbons (Fsp3) is 0.923. The second-order valence-electron chi connectivity index (χ2n) is 4.89. The van der Waals surface area contributed by atoms with Crippen LogP contribution in [0.3, 0.4) is 0 Å². The van der Waals surface area contributed by atoms with Crippen LogP contribution in [0.4, 0.5) is 4.79 Å². The molecule has 1 saturated heterocycles. The molecule has 0 aromatic carbocycles. The summed E-state index contributed by atoms with van der Waals surface area (Å²) in [5.41, 5.74) is 0. The standard InChI is InChI=1S/C13H24ClNO2/c1-12-6-9-15(10-7-12)13(16)17-11-5-3-2-4-8-14/h12H,2-11H2,1H3. The maximum atomic E-state index is 11.7. The number of alkyl halides is 1. The molecule has 1 aliphatic rings. The SMILES string of the molecule is CC1CCN(C(=O)OCCCCCCCl)CC1. The molecular weight excluding hydrogens is 238 g/mol. The van der Waals surface area contributed by atoms with E-state index in [9.17, 15) is 4.79 Å². The molecule has 0 saturated carbocycles. The second-order valence-corrected chi connectivity index (χ2v) is 5.27. The fourth-order valence-corrected chi connectivity index (χ4v) is 2.18. The summed E-state index contributed by atoms with van der Waals surface area (Å²) in [6.07, 6.45) is 6.30. The Hall–Kier alpha value is -0.440. The molecule has 3 nitrogen and oxygen atoms in total. The molecule has 0 spiro atoms. The molecule has 0 aliphatic carbocycles. The summed E-state index contributed by atoms with van der Waals surface area (Å²) in [5.74, 6) is 1.47. The van der Waals surface area contributed by atoms with Gasteiger partial charge in [0, 0.05) is 19.0 Å². The molecule has 0 radical (unpaired) electrons. The summed E-state index contributed by atoms with van der Waals surface area (Å²) in [6, 6.07) is 0. The van der Waals surface area contributed by atoms with Gasteiger partial charge in [-0.2, -0.15) is 0 Å². The maximum absolute atomic E-state index is 11.7. The third kappa shape index (κ3) is 6.16. The van der Waals surface area contributed by atoms with Gasteiger partial charge in [0.15, 0.2) is 0 Å². The van der Waals surface area contributed by atoms with Crippen LogP contribution in [0, 0.1) is 5.92 Å². The first kappa shape index (κ1) is 14.6. The van der Waals surface area contributed by atoms with E-state index in [1.165, 1.54) is 0 Å². The topological polar surface area (TPSA) is 29.5 Å². The quantitative estimate of drug-likeness (QED) is 0.540. The molecule has 0 bridgehead atoms. The maximum Gasteiger partial charge on any atom is 0.409 e. The van der Waals surface area contributed by atoms with E-state index in [2.05, 4.69) is 6.92 Å². The zero-order valence-electron chi connectivity index (χ0n) is 10.8. The monoisotopic (exact) mass is 261 g/mol. The van der Waals surface area contributed by atoms with Crippen molar-refractivity contribution in [2.45, 2.75) is 45.4 Å². The van der Waals surface area contributed by atoms with Gasteiger partial charge in [-0.05, 0) is 31.6 Å². The van der Waals surface area contributed by atoms with Gasteiger partial charge in [-0.1, -0.05) is 19.8 Å². The van der Waals surface area contributed by atoms with E-state index in [0.717, 1.165) is 63.4 Å². The Morgan fingerprint density at radius 2 is 1.88 bits per heavy atom. The first-order valence-corrected chi connectivity index (χ1v) is 7.25. The minimum atomic E-state index is -0.130. The molecule has 0 unspecified atom stereocenters. The van der Waals surface area contributed by atoms with Crippen molar-refractivity contribution in [3.8, 4) is 0 Å². The molecule has 1 aliphatic heterocycles. The molecule has 1 fully saturated rings. The lowest BCUT2D eigenvalue weighted by Gasteiger charge is -2.29. The molecule has 17 heavy (non-hydrogen) atoms. The highest BCUT2D eigenvalue weighted by Gasteiger charge is 2.20. The normalized spacial score (nSPS) is 17.2. The van der Waals surface area contributed by atoms with Gasteiger partial charge in [-0.25, -0.2) is 4.79 Å². The predicted octanol–water partition coefficient (Wildman–Crippen LogP) is 3.65. The van der Waals surface area contributed by atoms with Gasteiger partial charge >= 0.3 is 6.09 Å². The number of halogens is 1. The van der Waals surface area contributed by atoms with Crippen molar-refractivity contribution < 1.29 is 9.53 Å². The van der Waals surface area contributed by atoms with E-state index in [-0.39, 0.29) is 6.09 Å². The lowest BCUT2D eigenvalue weighted by Crippen LogP contribution is -2.38. The summed E-state index contributed by atoms with van der Waals surface area (Å²) in [7, 11) is 0. The highest BCUT2D eigenvalue weighted by atomic mass is 35.5. The van der Waals surface area contributed by atoms with E-state index < -0.39 is 0 Å². The molecule has 0 atom stereocenters. The zero-order valence-corrected chi connectivity index (χ0v) is 11.5. The molecule has 1 amide bonds. The number of carbonyl (C=O) groups excluding carboxylic acids is 1. The predicted molar refractivity (Wildman–Crippen MR) is 70.5 cm³/mol. The molecular formula is C13H24ClNO2. The number of hydrogen-bond acceptors (Lipinski definition) is 2. The van der Waals surface area contributed by atoms with E-state index in [0.29, 0.717) is 6.61 Å². The van der Waals surface area contributed by atoms with Crippen molar-refractivity contribution in [2.24, 2.45) is 5.92 Å². The lowest BCUT2D eigenvalue weighted by atomic mass is 10.00. The number of likely N-dealkylation sites (tertiary alicyclic amines) is 1. The largest absolute Gasteiger partial charge is 0.449 e. The van der Waals surface area contributed by atoms with Crippen molar-refractivity contribution in [3.63, 3.8) is 0 Å². The molecule has 0 N–H and O–H groups in total. The second kappa shape index (κ2) is 8.62. The van der Waals surface area contributed by atoms with Gasteiger partial charge in [0.1, 0.15) is 0 Å². The van der Waals surface area contributed by atoms with Crippen LogP contribution in [0.15, 0.2) is 0 Å². The van der Waals surface area contributed by atoms with Gasteiger partial charge in [0.25, 0.3) is 0 Å². The average Bonchev–Trinajstić information content (AvgIpc) is 2.34. The number of carbonyl (C=O) groups is 1. The third-order valence-corrected chi connectivity index (χ3v) is 3.56. The minimum absolute atomic E-state index is 0.130. The average molecular weight is 262 g/mol. The van der Waals surface area contributed by atoms with E-state index in [1.807, 2.05) is 4.90 Å². The summed E-state index contributed by atoms with van der Waals surface area (Å²) in [5, 5.41) is 0. The first-order valence-electron chi connectivity index (χ1n) is 6.71. The highest BCUT2D eigenvalue weighted by molar-refractivity contribution is 6.17. The van der Waals surface area contributed by atoms with E-state index in [1.54, 1.807) is 0 Å². The van der Waals surface area contributed by atoms with Crippen LogP contribution in [0.2, 0.25) is 0 Å². The number of unbranched alkanes of at least 4 members (excludes halogenated alkanes) is 3. The van der Waals surface area contributed by atoms with E-state index >= 15 is 0 Å². The number of hydrogen-bond donors (Lipinski definition) is 0. The van der Waals surface area contributed by atoms with Crippen LogP contribution in [0.25, 0.3) is 0 Å². The molecule has 1 heterocycles. The van der Waals surface area contributed by atoms with Crippen molar-refractivity contribution >= 4 is 17.7 Å². The fourth-order valence-electron chi connectivity index (χ4n) is 1.99. The Morgan fingerprint density at radius 1 is 1.24 bits per heavy atom. The van der Waals surface area contributed by atoms with Crippen molar-refractivity contribution in [2.75, 3.05) is 25.6 Å². The van der Waals surface area contributed by atoms with Gasteiger partial charge in [0.2, 0.25) is 0 Å². The Labute approximate surface area is 109 Å². The lowest BCUT2D eigenvalue weighted by molar-refractivity contribution is 0.0877. The van der Waals surface area contributed by atoms with Crippen LogP contribution in [0.5, 0.6) is 0 Å². The Balaban J connectivity index is 2.01. The van der Waals surface area contributed by atoms with Gasteiger partial charge in [0.05, 0.1) is 6.61 Å². The number of rotatable bonds is 6. The smallest absolute Gasteiger partial charge is 0.409 e. The van der Waals surface area contributed by atoms with E-state index in [4.69, 9.17) is 16.3 Å². The summed E-state index contributed by atoms with van der Waals surface area (Å²) in [4.78, 5) is 13.5. The van der Waals surface area contributed by atoms with Crippen LogP contribution in [0.1, 0.15) is 45.4 Å². The molecule has 1 rings (SSSR count). The van der Waals surface area contributed by atoms with Crippen LogP contribution in [-0.2, 0) is 4.74 Å². The molecule has 0 aromatic heterocycles. The summed E-state index contributed by atoms with van der Waals surface area (Å²) in [6.45, 7) is 4.49. The van der Waals surface area contributed by atoms with Crippen molar-refractivity contribution in [1.82, 2.24) is 4.90 Å². The van der Waals surface area contributed by atoms with Gasteiger partial charge < -0.3 is 9.64 Å². The van der Waals surface area contributed by atoms with Gasteiger partial charge in [-0.3, -0.25) is 0 Å². The molecule has 0 aromatic rings. The number of piperidine rings is 1. The Bertz CT molecular complexity index is 215. The Morgan fingerprint density at radius 3 is 2.53 bits per heavy atom. The third-order valence-electron chi connectivity index (χ3n) is 3.30. The molecule has 4 heteroatoms. The first-order chi connectivity index (χ1) is 8.24. The number of ether oxygens (including phenoxy) is 1. The highest BCUT2D eigenvalue weighted by Crippen LogP contribution is 2.16. The summed E-state index contributed by atoms with van der Waals surface area (Å²) >= 11 is 5.59. The minimum Gasteiger partial charge on any atom is -0.449 e. The Kier molecular flexibility index (Phi) is 7.41. The van der Waals surface area contributed by atoms with Crippen molar-refractivity contribution in [1.29, 1.82) is 0 Å². The zero-order chi connectivity index (χ0) is 12.5. The van der Waals surface area contributed by atoms with Crippen LogP contribution < -0.4 is 0 Å². The summed E-state index contributed by atoms with van der Waals surface area (Å²) < 4.78 is 5.25. The van der Waals surface area contributed by atoms with Crippen molar-refractivity contribution in [3.05, 3.63) is 0 Å². The van der Waals surface area contributed by atoms with Crippen LogP contribution in [-0.4, -0.2) is 36.6 Å². The molecule has 100 valence electrons. The van der Waals surface area contributed by atoms with Gasteiger partial charge in [-0.15, -0.1) is 11.6 Å².